The summed E-state index contributed by atoms with van der Waals surface area (Å²) in [5.41, 5.74) is 3.13. The molecule has 0 bridgehead atoms. The molecule has 3 heteroatoms. The first-order chi connectivity index (χ1) is 9.98. The monoisotopic (exact) mass is 285 g/mol. The van der Waals surface area contributed by atoms with Gasteiger partial charge in [0.2, 0.25) is 0 Å². The molecule has 3 rings (SSSR count). The van der Waals surface area contributed by atoms with Gasteiger partial charge in [-0.25, -0.2) is 4.39 Å². The smallest absolute Gasteiger partial charge is 0.123 e. The first-order valence-corrected chi connectivity index (χ1v) is 7.23. The lowest BCUT2D eigenvalue weighted by atomic mass is 9.94. The van der Waals surface area contributed by atoms with Gasteiger partial charge >= 0.3 is 0 Å². The Bertz CT molecular complexity index is 666. The third-order valence-corrected chi connectivity index (χ3v) is 3.89. The van der Waals surface area contributed by atoms with Gasteiger partial charge in [0.05, 0.1) is 6.04 Å². The molecule has 0 spiro atoms. The average Bonchev–Trinajstić information content (AvgIpc) is 2.73. The van der Waals surface area contributed by atoms with Crippen LogP contribution in [0.1, 0.15) is 36.6 Å². The minimum Gasteiger partial charge on any atom is -0.487 e. The van der Waals surface area contributed by atoms with E-state index in [0.717, 1.165) is 23.3 Å². The van der Waals surface area contributed by atoms with E-state index in [1.807, 2.05) is 25.2 Å². The van der Waals surface area contributed by atoms with Gasteiger partial charge in [-0.05, 0) is 55.8 Å². The van der Waals surface area contributed by atoms with Crippen molar-refractivity contribution in [1.82, 2.24) is 5.32 Å². The van der Waals surface area contributed by atoms with Crippen molar-refractivity contribution in [3.05, 3.63) is 65.0 Å². The summed E-state index contributed by atoms with van der Waals surface area (Å²) < 4.78 is 19.4. The molecule has 1 N–H and O–H groups in total. The summed E-state index contributed by atoms with van der Waals surface area (Å²) in [5.74, 6) is 0.747. The van der Waals surface area contributed by atoms with Gasteiger partial charge in [0, 0.05) is 6.42 Å². The largest absolute Gasteiger partial charge is 0.487 e. The maximum atomic E-state index is 13.5. The summed E-state index contributed by atoms with van der Waals surface area (Å²) in [7, 11) is 1.89. The van der Waals surface area contributed by atoms with Crippen LogP contribution in [0.15, 0.2) is 42.5 Å². The Morgan fingerprint density at radius 3 is 2.62 bits per heavy atom. The number of ether oxygens (including phenoxy) is 1. The molecule has 110 valence electrons. The van der Waals surface area contributed by atoms with Crippen LogP contribution >= 0.6 is 0 Å². The maximum absolute atomic E-state index is 13.5. The number of rotatable bonds is 3. The molecule has 1 aliphatic rings. The molecule has 1 atom stereocenters. The highest BCUT2D eigenvalue weighted by Crippen LogP contribution is 2.37. The van der Waals surface area contributed by atoms with Gasteiger partial charge in [-0.2, -0.15) is 0 Å². The van der Waals surface area contributed by atoms with Crippen molar-refractivity contribution >= 4 is 0 Å². The predicted molar refractivity (Wildman–Crippen MR) is 82.2 cm³/mol. The first-order valence-electron chi connectivity index (χ1n) is 7.23. The van der Waals surface area contributed by atoms with Gasteiger partial charge in [-0.3, -0.25) is 0 Å². The van der Waals surface area contributed by atoms with Crippen molar-refractivity contribution in [3.8, 4) is 5.75 Å². The fourth-order valence-electron chi connectivity index (χ4n) is 3.02. The van der Waals surface area contributed by atoms with Crippen molar-refractivity contribution in [2.45, 2.75) is 31.9 Å². The van der Waals surface area contributed by atoms with Crippen LogP contribution in [0.3, 0.4) is 0 Å². The Morgan fingerprint density at radius 1 is 1.14 bits per heavy atom. The highest BCUT2D eigenvalue weighted by atomic mass is 19.1. The molecule has 2 aromatic rings. The third kappa shape index (κ3) is 2.79. The van der Waals surface area contributed by atoms with E-state index in [1.165, 1.54) is 11.6 Å². The van der Waals surface area contributed by atoms with Gasteiger partial charge in [0.25, 0.3) is 0 Å². The summed E-state index contributed by atoms with van der Waals surface area (Å²) in [6.07, 6.45) is 0.899. The molecule has 0 saturated heterocycles. The summed E-state index contributed by atoms with van der Waals surface area (Å²) >= 11 is 0. The molecular weight excluding hydrogens is 265 g/mol. The third-order valence-electron chi connectivity index (χ3n) is 3.89. The van der Waals surface area contributed by atoms with E-state index in [-0.39, 0.29) is 17.5 Å². The van der Waals surface area contributed by atoms with Gasteiger partial charge in [0.15, 0.2) is 0 Å². The normalized spacial score (nSPS) is 17.1. The van der Waals surface area contributed by atoms with Crippen LogP contribution in [0.5, 0.6) is 5.75 Å². The second-order valence-electron chi connectivity index (χ2n) is 6.18. The molecule has 1 unspecified atom stereocenters. The molecule has 1 aliphatic heterocycles. The lowest BCUT2D eigenvalue weighted by molar-refractivity contribution is 0.138. The average molecular weight is 285 g/mol. The van der Waals surface area contributed by atoms with E-state index in [1.54, 1.807) is 12.1 Å². The summed E-state index contributed by atoms with van der Waals surface area (Å²) in [6, 6.07) is 12.9. The Labute approximate surface area is 125 Å². The van der Waals surface area contributed by atoms with E-state index < -0.39 is 0 Å². The van der Waals surface area contributed by atoms with Gasteiger partial charge in [-0.15, -0.1) is 0 Å². The second-order valence-corrected chi connectivity index (χ2v) is 6.18. The number of halogens is 1. The van der Waals surface area contributed by atoms with Gasteiger partial charge in [0.1, 0.15) is 17.2 Å². The summed E-state index contributed by atoms with van der Waals surface area (Å²) in [6.45, 7) is 4.18. The van der Waals surface area contributed by atoms with Crippen molar-refractivity contribution < 1.29 is 9.13 Å². The molecule has 0 amide bonds. The minimum atomic E-state index is -0.210. The first kappa shape index (κ1) is 14.1. The van der Waals surface area contributed by atoms with Crippen LogP contribution in [0.4, 0.5) is 4.39 Å². The fourth-order valence-corrected chi connectivity index (χ4v) is 3.02. The second kappa shape index (κ2) is 5.15. The zero-order chi connectivity index (χ0) is 15.0. The van der Waals surface area contributed by atoms with Crippen molar-refractivity contribution in [1.29, 1.82) is 0 Å². The highest BCUT2D eigenvalue weighted by molar-refractivity contribution is 5.44. The zero-order valence-electron chi connectivity index (χ0n) is 12.6. The lowest BCUT2D eigenvalue weighted by Crippen LogP contribution is -2.24. The SMILES string of the molecule is CNC(c1cccc(F)c1)c1ccc2c(c1)CC(C)(C)O2. The molecule has 0 fully saturated rings. The minimum absolute atomic E-state index is 0.0188. The molecule has 0 aliphatic carbocycles. The fraction of sp³-hybridized carbons (Fsp3) is 0.333. The topological polar surface area (TPSA) is 21.3 Å². The molecule has 0 radical (unpaired) electrons. The van der Waals surface area contributed by atoms with E-state index in [4.69, 9.17) is 4.74 Å². The van der Waals surface area contributed by atoms with Crippen LogP contribution in [-0.4, -0.2) is 12.6 Å². The molecule has 21 heavy (non-hydrogen) atoms. The Morgan fingerprint density at radius 2 is 1.90 bits per heavy atom. The molecule has 2 nitrogen and oxygen atoms in total. The van der Waals surface area contributed by atoms with Crippen LogP contribution < -0.4 is 10.1 Å². The number of benzene rings is 2. The Balaban J connectivity index is 1.96. The quantitative estimate of drug-likeness (QED) is 0.925. The molecule has 0 saturated carbocycles. The van der Waals surface area contributed by atoms with Gasteiger partial charge in [-0.1, -0.05) is 24.3 Å². The molecule has 1 heterocycles. The van der Waals surface area contributed by atoms with Crippen molar-refractivity contribution in [2.75, 3.05) is 7.05 Å². The lowest BCUT2D eigenvalue weighted by Gasteiger charge is -2.18. The maximum Gasteiger partial charge on any atom is 0.123 e. The number of nitrogens with one attached hydrogen (secondary N) is 1. The van der Waals surface area contributed by atoms with Crippen LogP contribution in [0, 0.1) is 5.82 Å². The Hall–Kier alpha value is -1.87. The standard InChI is InChI=1S/C18H20FNO/c1-18(2)11-14-9-13(7-8-16(14)21-18)17(20-3)12-5-4-6-15(19)10-12/h4-10,17,20H,11H2,1-3H3. The van der Waals surface area contributed by atoms with E-state index in [9.17, 15) is 4.39 Å². The highest BCUT2D eigenvalue weighted by Gasteiger charge is 2.30. The van der Waals surface area contributed by atoms with E-state index in [0.29, 0.717) is 0 Å². The molecule has 0 aromatic heterocycles. The van der Waals surface area contributed by atoms with E-state index >= 15 is 0 Å². The van der Waals surface area contributed by atoms with Crippen LogP contribution in [0.25, 0.3) is 0 Å². The van der Waals surface area contributed by atoms with E-state index in [2.05, 4.69) is 25.2 Å². The van der Waals surface area contributed by atoms with Crippen LogP contribution in [0.2, 0.25) is 0 Å². The number of fused-ring (bicyclic) bond motifs is 1. The number of hydrogen-bond donors (Lipinski definition) is 1. The molecule has 2 aromatic carbocycles. The van der Waals surface area contributed by atoms with Crippen molar-refractivity contribution in [2.24, 2.45) is 0 Å². The summed E-state index contributed by atoms with van der Waals surface area (Å²) in [4.78, 5) is 0. The molecular formula is C18H20FNO. The van der Waals surface area contributed by atoms with Crippen LogP contribution in [-0.2, 0) is 6.42 Å². The zero-order valence-corrected chi connectivity index (χ0v) is 12.6. The summed E-state index contributed by atoms with van der Waals surface area (Å²) in [5, 5.41) is 3.27. The Kier molecular flexibility index (Phi) is 3.46. The predicted octanol–water partition coefficient (Wildman–Crippen LogP) is 3.85. The van der Waals surface area contributed by atoms with Gasteiger partial charge < -0.3 is 10.1 Å². The number of hydrogen-bond acceptors (Lipinski definition) is 2. The van der Waals surface area contributed by atoms with Crippen molar-refractivity contribution in [3.63, 3.8) is 0 Å².